The topological polar surface area (TPSA) is 103 Å². The highest BCUT2D eigenvalue weighted by Gasteiger charge is 2.35. The third kappa shape index (κ3) is 5.99. The summed E-state index contributed by atoms with van der Waals surface area (Å²) in [5, 5.41) is 19.2. The van der Waals surface area contributed by atoms with Gasteiger partial charge < -0.3 is 24.7 Å². The Morgan fingerprint density at radius 1 is 1.41 bits per heavy atom. The first-order chi connectivity index (χ1) is 15.2. The summed E-state index contributed by atoms with van der Waals surface area (Å²) in [6.45, 7) is 5.90. The van der Waals surface area contributed by atoms with E-state index in [9.17, 15) is 19.8 Å². The molecule has 1 aromatic heterocycles. The molecule has 1 fully saturated rings. The van der Waals surface area contributed by atoms with Gasteiger partial charge in [-0.05, 0) is 38.7 Å². The van der Waals surface area contributed by atoms with Gasteiger partial charge in [0.25, 0.3) is 5.91 Å². The van der Waals surface area contributed by atoms with E-state index in [0.717, 1.165) is 12.8 Å². The summed E-state index contributed by atoms with van der Waals surface area (Å²) in [5.74, 6) is 5.86. The highest BCUT2D eigenvalue weighted by Crippen LogP contribution is 2.33. The van der Waals surface area contributed by atoms with E-state index < -0.39 is 12.1 Å². The number of fused-ring (bicyclic) bond motifs is 1. The summed E-state index contributed by atoms with van der Waals surface area (Å²) in [6.07, 6.45) is 3.12. The number of carbonyl (C=O) groups is 2. The summed E-state index contributed by atoms with van der Waals surface area (Å²) >= 11 is 0. The SMILES string of the molecule is C[C@@H](O)C#Cc1cnc2c(c1)C(=O)N([C@@H](C)CO)C[C@H](C)[C@@H](CN(C)C(=O)CC1CC1)O2. The second-order valence-electron chi connectivity index (χ2n) is 9.07. The van der Waals surface area contributed by atoms with Crippen LogP contribution in [0.5, 0.6) is 5.88 Å². The Morgan fingerprint density at radius 3 is 2.75 bits per heavy atom. The molecule has 3 rings (SSSR count). The highest BCUT2D eigenvalue weighted by molar-refractivity contribution is 5.97. The molecule has 0 aromatic carbocycles. The van der Waals surface area contributed by atoms with Crippen molar-refractivity contribution in [1.82, 2.24) is 14.8 Å². The van der Waals surface area contributed by atoms with E-state index in [0.29, 0.717) is 31.0 Å². The predicted octanol–water partition coefficient (Wildman–Crippen LogP) is 1.29. The minimum Gasteiger partial charge on any atom is -0.472 e. The molecule has 8 heteroatoms. The molecule has 0 radical (unpaired) electrons. The Kier molecular flexibility index (Phi) is 7.75. The van der Waals surface area contributed by atoms with E-state index in [1.807, 2.05) is 6.92 Å². The van der Waals surface area contributed by atoms with Crippen LogP contribution in [-0.2, 0) is 4.79 Å². The van der Waals surface area contributed by atoms with E-state index in [1.165, 1.54) is 6.20 Å². The van der Waals surface area contributed by atoms with Crippen molar-refractivity contribution in [2.24, 2.45) is 11.8 Å². The summed E-state index contributed by atoms with van der Waals surface area (Å²) in [5.41, 5.74) is 0.742. The average Bonchev–Trinajstić information content (AvgIpc) is 3.58. The number of carbonyl (C=O) groups excluding carboxylic acids is 2. The van der Waals surface area contributed by atoms with Crippen LogP contribution in [0.3, 0.4) is 0 Å². The number of nitrogens with zero attached hydrogens (tertiary/aromatic N) is 3. The summed E-state index contributed by atoms with van der Waals surface area (Å²) in [4.78, 5) is 33.5. The molecule has 1 aliphatic heterocycles. The molecule has 2 aliphatic rings. The molecule has 0 unspecified atom stereocenters. The van der Waals surface area contributed by atoms with Crippen LogP contribution in [0.25, 0.3) is 0 Å². The smallest absolute Gasteiger partial charge is 0.259 e. The normalized spacial score (nSPS) is 22.4. The molecule has 2 heterocycles. The average molecular weight is 444 g/mol. The van der Waals surface area contributed by atoms with Crippen LogP contribution in [0, 0.1) is 23.7 Å². The molecule has 0 saturated heterocycles. The quantitative estimate of drug-likeness (QED) is 0.643. The van der Waals surface area contributed by atoms with Gasteiger partial charge in [0.2, 0.25) is 11.8 Å². The molecule has 8 nitrogen and oxygen atoms in total. The van der Waals surface area contributed by atoms with Crippen LogP contribution in [0.15, 0.2) is 12.3 Å². The molecule has 2 amide bonds. The van der Waals surface area contributed by atoms with Gasteiger partial charge in [-0.3, -0.25) is 9.59 Å². The van der Waals surface area contributed by atoms with Crippen molar-refractivity contribution in [2.45, 2.75) is 58.3 Å². The number of aliphatic hydroxyl groups excluding tert-OH is 2. The second kappa shape index (κ2) is 10.3. The van der Waals surface area contributed by atoms with Crippen LogP contribution < -0.4 is 4.74 Å². The minimum atomic E-state index is -0.802. The number of aromatic nitrogens is 1. The van der Waals surface area contributed by atoms with Crippen molar-refractivity contribution >= 4 is 11.8 Å². The van der Waals surface area contributed by atoms with Gasteiger partial charge >= 0.3 is 0 Å². The number of hydrogen-bond donors (Lipinski definition) is 2. The molecule has 174 valence electrons. The summed E-state index contributed by atoms with van der Waals surface area (Å²) < 4.78 is 6.19. The van der Waals surface area contributed by atoms with Crippen LogP contribution in [0.4, 0.5) is 0 Å². The number of amides is 2. The lowest BCUT2D eigenvalue weighted by Gasteiger charge is -2.37. The maximum atomic E-state index is 13.3. The number of rotatable bonds is 6. The Balaban J connectivity index is 1.91. The third-order valence-electron chi connectivity index (χ3n) is 5.99. The van der Waals surface area contributed by atoms with Gasteiger partial charge in [-0.25, -0.2) is 4.98 Å². The number of hydrogen-bond acceptors (Lipinski definition) is 6. The number of pyridine rings is 1. The first-order valence-corrected chi connectivity index (χ1v) is 11.2. The molecule has 1 aromatic rings. The minimum absolute atomic E-state index is 0.0891. The summed E-state index contributed by atoms with van der Waals surface area (Å²) in [7, 11) is 1.78. The zero-order valence-electron chi connectivity index (χ0n) is 19.2. The van der Waals surface area contributed by atoms with E-state index >= 15 is 0 Å². The molecular formula is C24H33N3O5. The van der Waals surface area contributed by atoms with E-state index in [-0.39, 0.29) is 41.9 Å². The van der Waals surface area contributed by atoms with Gasteiger partial charge in [0, 0.05) is 37.7 Å². The molecular weight excluding hydrogens is 410 g/mol. The second-order valence-corrected chi connectivity index (χ2v) is 9.07. The van der Waals surface area contributed by atoms with Gasteiger partial charge in [0.05, 0.1) is 19.2 Å². The standard InChI is InChI=1S/C24H33N3O5/c1-15-12-27(16(2)14-28)24(31)20-9-19(6-5-17(3)29)11-25-23(20)32-21(15)13-26(4)22(30)10-18-7-8-18/h9,11,15-18,21,28-29H,7-8,10,12-14H2,1-4H3/t15-,16-,17+,21+/m0/s1. The molecule has 2 N–H and O–H groups in total. The molecule has 4 atom stereocenters. The third-order valence-corrected chi connectivity index (χ3v) is 5.99. The first kappa shape index (κ1) is 24.0. The first-order valence-electron chi connectivity index (χ1n) is 11.2. The fourth-order valence-corrected chi connectivity index (χ4v) is 3.67. The van der Waals surface area contributed by atoms with Crippen LogP contribution in [-0.4, -0.2) is 81.8 Å². The fraction of sp³-hybridized carbons (Fsp3) is 0.625. The van der Waals surface area contributed by atoms with Gasteiger partial charge in [0.1, 0.15) is 17.8 Å². The molecule has 0 spiro atoms. The van der Waals surface area contributed by atoms with Gasteiger partial charge in [-0.2, -0.15) is 0 Å². The largest absolute Gasteiger partial charge is 0.472 e. The highest BCUT2D eigenvalue weighted by atomic mass is 16.5. The van der Waals surface area contributed by atoms with Crippen LogP contribution in [0.2, 0.25) is 0 Å². The number of likely N-dealkylation sites (N-methyl/N-ethyl adjacent to an activating group) is 1. The molecule has 1 saturated carbocycles. The Bertz CT molecular complexity index is 903. The van der Waals surface area contributed by atoms with Crippen molar-refractivity contribution in [1.29, 1.82) is 0 Å². The molecule has 32 heavy (non-hydrogen) atoms. The van der Waals surface area contributed by atoms with Gasteiger partial charge in [-0.15, -0.1) is 0 Å². The van der Waals surface area contributed by atoms with E-state index in [4.69, 9.17) is 4.74 Å². The summed E-state index contributed by atoms with van der Waals surface area (Å²) in [6, 6.07) is 1.21. The monoisotopic (exact) mass is 443 g/mol. The van der Waals surface area contributed by atoms with Crippen molar-refractivity contribution in [3.05, 3.63) is 23.4 Å². The Labute approximate surface area is 189 Å². The molecule has 1 aliphatic carbocycles. The predicted molar refractivity (Wildman–Crippen MR) is 119 cm³/mol. The van der Waals surface area contributed by atoms with Gasteiger partial charge in [-0.1, -0.05) is 18.8 Å². The maximum absolute atomic E-state index is 13.3. The van der Waals surface area contributed by atoms with Crippen molar-refractivity contribution < 1.29 is 24.5 Å². The van der Waals surface area contributed by atoms with Crippen molar-refractivity contribution in [2.75, 3.05) is 26.7 Å². The van der Waals surface area contributed by atoms with Crippen LogP contribution >= 0.6 is 0 Å². The number of ether oxygens (including phenoxy) is 1. The Morgan fingerprint density at radius 2 is 2.12 bits per heavy atom. The van der Waals surface area contributed by atoms with Gasteiger partial charge in [0.15, 0.2) is 0 Å². The van der Waals surface area contributed by atoms with Crippen molar-refractivity contribution in [3.8, 4) is 17.7 Å². The zero-order chi connectivity index (χ0) is 23.4. The lowest BCUT2D eigenvalue weighted by atomic mass is 9.99. The lowest BCUT2D eigenvalue weighted by molar-refractivity contribution is -0.131. The number of aliphatic hydroxyl groups is 2. The van der Waals surface area contributed by atoms with E-state index in [1.54, 1.807) is 36.8 Å². The van der Waals surface area contributed by atoms with E-state index in [2.05, 4.69) is 16.8 Å². The zero-order valence-corrected chi connectivity index (χ0v) is 19.2. The maximum Gasteiger partial charge on any atom is 0.259 e. The Hall–Kier alpha value is -2.63. The molecule has 0 bridgehead atoms. The fourth-order valence-electron chi connectivity index (χ4n) is 3.67. The van der Waals surface area contributed by atoms with Crippen molar-refractivity contribution in [3.63, 3.8) is 0 Å². The van der Waals surface area contributed by atoms with Crippen LogP contribution in [0.1, 0.15) is 56.0 Å². The lowest BCUT2D eigenvalue weighted by Crippen LogP contribution is -2.50.